The van der Waals surface area contributed by atoms with Gasteiger partial charge in [0.25, 0.3) is 0 Å². The standard InChI is InChI=1S/C17H24ClN3O/c1-11(2)17(22)10-19-9-16-12(3)20-21(13(16)4)15-7-5-14(18)6-8-15/h5-8,11,17,19,22H,9-10H2,1-4H3. The quantitative estimate of drug-likeness (QED) is 0.858. The zero-order valence-electron chi connectivity index (χ0n) is 13.6. The van der Waals surface area contributed by atoms with Crippen molar-refractivity contribution in [1.82, 2.24) is 15.1 Å². The molecule has 4 nitrogen and oxygen atoms in total. The lowest BCUT2D eigenvalue weighted by atomic mass is 10.1. The van der Waals surface area contributed by atoms with Gasteiger partial charge in [-0.3, -0.25) is 0 Å². The van der Waals surface area contributed by atoms with E-state index in [1.807, 2.05) is 49.7 Å². The number of aliphatic hydroxyl groups excluding tert-OH is 1. The largest absolute Gasteiger partial charge is 0.392 e. The van der Waals surface area contributed by atoms with Gasteiger partial charge >= 0.3 is 0 Å². The summed E-state index contributed by atoms with van der Waals surface area (Å²) >= 11 is 5.94. The van der Waals surface area contributed by atoms with E-state index in [2.05, 4.69) is 17.3 Å². The summed E-state index contributed by atoms with van der Waals surface area (Å²) in [6.07, 6.45) is -0.327. The molecule has 1 aromatic heterocycles. The number of aryl methyl sites for hydroxylation is 1. The predicted octanol–water partition coefficient (Wildman–Crippen LogP) is 3.25. The third-order valence-corrected chi connectivity index (χ3v) is 4.19. The molecule has 0 amide bonds. The highest BCUT2D eigenvalue weighted by Crippen LogP contribution is 2.19. The highest BCUT2D eigenvalue weighted by atomic mass is 35.5. The van der Waals surface area contributed by atoms with E-state index in [9.17, 15) is 5.11 Å². The van der Waals surface area contributed by atoms with E-state index in [1.54, 1.807) is 0 Å². The van der Waals surface area contributed by atoms with Crippen molar-refractivity contribution in [2.75, 3.05) is 6.54 Å². The van der Waals surface area contributed by atoms with E-state index in [-0.39, 0.29) is 12.0 Å². The van der Waals surface area contributed by atoms with Crippen molar-refractivity contribution in [2.45, 2.75) is 40.3 Å². The summed E-state index contributed by atoms with van der Waals surface area (Å²) in [6.45, 7) is 9.39. The molecule has 0 bridgehead atoms. The lowest BCUT2D eigenvalue weighted by Gasteiger charge is -2.15. The smallest absolute Gasteiger partial charge is 0.0687 e. The molecule has 120 valence electrons. The topological polar surface area (TPSA) is 50.1 Å². The Labute approximate surface area is 137 Å². The van der Waals surface area contributed by atoms with Crippen LogP contribution in [0.2, 0.25) is 5.02 Å². The van der Waals surface area contributed by atoms with E-state index >= 15 is 0 Å². The molecule has 0 saturated carbocycles. The third kappa shape index (κ3) is 3.88. The van der Waals surface area contributed by atoms with E-state index < -0.39 is 0 Å². The fraction of sp³-hybridized carbons (Fsp3) is 0.471. The van der Waals surface area contributed by atoms with Gasteiger partial charge in [0.2, 0.25) is 0 Å². The first kappa shape index (κ1) is 17.0. The Hall–Kier alpha value is -1.36. The van der Waals surface area contributed by atoms with Crippen LogP contribution in [0.3, 0.4) is 0 Å². The van der Waals surface area contributed by atoms with E-state index in [0.29, 0.717) is 13.1 Å². The molecule has 0 saturated heterocycles. The van der Waals surface area contributed by atoms with Gasteiger partial charge < -0.3 is 10.4 Å². The molecule has 1 aromatic carbocycles. The summed E-state index contributed by atoms with van der Waals surface area (Å²) in [6, 6.07) is 7.65. The van der Waals surface area contributed by atoms with Gasteiger partial charge in [0.05, 0.1) is 17.5 Å². The van der Waals surface area contributed by atoms with Crippen LogP contribution in [-0.2, 0) is 6.54 Å². The minimum absolute atomic E-state index is 0.256. The Kier molecular flexibility index (Phi) is 5.62. The molecule has 1 heterocycles. The Morgan fingerprint density at radius 2 is 1.86 bits per heavy atom. The van der Waals surface area contributed by atoms with Crippen molar-refractivity contribution in [2.24, 2.45) is 5.92 Å². The summed E-state index contributed by atoms with van der Waals surface area (Å²) in [5.41, 5.74) is 4.27. The van der Waals surface area contributed by atoms with Crippen molar-refractivity contribution in [3.05, 3.63) is 46.2 Å². The molecule has 2 aromatic rings. The summed E-state index contributed by atoms with van der Waals surface area (Å²) in [5.74, 6) is 0.256. The maximum atomic E-state index is 9.86. The molecule has 0 spiro atoms. The Balaban J connectivity index is 2.12. The average Bonchev–Trinajstić information content (AvgIpc) is 2.75. The van der Waals surface area contributed by atoms with Gasteiger partial charge in [0.15, 0.2) is 0 Å². The lowest BCUT2D eigenvalue weighted by molar-refractivity contribution is 0.123. The zero-order valence-corrected chi connectivity index (χ0v) is 14.4. The zero-order chi connectivity index (χ0) is 16.3. The molecule has 2 rings (SSSR count). The van der Waals surface area contributed by atoms with Crippen molar-refractivity contribution in [3.8, 4) is 5.69 Å². The van der Waals surface area contributed by atoms with Crippen LogP contribution in [0.1, 0.15) is 30.8 Å². The maximum Gasteiger partial charge on any atom is 0.0687 e. The number of nitrogens with one attached hydrogen (secondary N) is 1. The van der Waals surface area contributed by atoms with E-state index in [0.717, 1.165) is 22.1 Å². The Bertz CT molecular complexity index is 620. The molecular formula is C17H24ClN3O. The number of hydrogen-bond acceptors (Lipinski definition) is 3. The second-order valence-electron chi connectivity index (χ2n) is 5.98. The minimum Gasteiger partial charge on any atom is -0.392 e. The number of hydrogen-bond donors (Lipinski definition) is 2. The van der Waals surface area contributed by atoms with Gasteiger partial charge in [-0.1, -0.05) is 25.4 Å². The molecule has 0 aliphatic carbocycles. The van der Waals surface area contributed by atoms with Crippen molar-refractivity contribution in [1.29, 1.82) is 0 Å². The van der Waals surface area contributed by atoms with Crippen LogP contribution in [0.15, 0.2) is 24.3 Å². The van der Waals surface area contributed by atoms with Gasteiger partial charge in [-0.05, 0) is 44.0 Å². The Morgan fingerprint density at radius 1 is 1.23 bits per heavy atom. The number of nitrogens with zero attached hydrogens (tertiary/aromatic N) is 2. The molecule has 0 fully saturated rings. The first-order valence-electron chi connectivity index (χ1n) is 7.60. The normalized spacial score (nSPS) is 12.9. The highest BCUT2D eigenvalue weighted by molar-refractivity contribution is 6.30. The monoisotopic (exact) mass is 321 g/mol. The maximum absolute atomic E-state index is 9.86. The average molecular weight is 322 g/mol. The van der Waals surface area contributed by atoms with Crippen molar-refractivity contribution >= 4 is 11.6 Å². The highest BCUT2D eigenvalue weighted by Gasteiger charge is 2.14. The van der Waals surface area contributed by atoms with Crippen LogP contribution in [0.25, 0.3) is 5.69 Å². The molecule has 0 aliphatic rings. The van der Waals surface area contributed by atoms with Crippen LogP contribution < -0.4 is 5.32 Å². The summed E-state index contributed by atoms with van der Waals surface area (Å²) in [5, 5.41) is 18.5. The molecular weight excluding hydrogens is 298 g/mol. The van der Waals surface area contributed by atoms with Gasteiger partial charge in [-0.25, -0.2) is 4.68 Å². The molecule has 1 unspecified atom stereocenters. The summed E-state index contributed by atoms with van der Waals surface area (Å²) in [4.78, 5) is 0. The van der Waals surface area contributed by atoms with Crippen LogP contribution in [0.5, 0.6) is 0 Å². The first-order chi connectivity index (χ1) is 10.4. The number of benzene rings is 1. The summed E-state index contributed by atoms with van der Waals surface area (Å²) < 4.78 is 1.93. The summed E-state index contributed by atoms with van der Waals surface area (Å²) in [7, 11) is 0. The fourth-order valence-electron chi connectivity index (χ4n) is 2.35. The van der Waals surface area contributed by atoms with Gasteiger partial charge in [0.1, 0.15) is 0 Å². The molecule has 22 heavy (non-hydrogen) atoms. The van der Waals surface area contributed by atoms with Crippen LogP contribution in [-0.4, -0.2) is 27.5 Å². The fourth-order valence-corrected chi connectivity index (χ4v) is 2.47. The van der Waals surface area contributed by atoms with Crippen molar-refractivity contribution in [3.63, 3.8) is 0 Å². The number of rotatable bonds is 6. The van der Waals surface area contributed by atoms with E-state index in [4.69, 9.17) is 11.6 Å². The molecule has 2 N–H and O–H groups in total. The van der Waals surface area contributed by atoms with Gasteiger partial charge in [-0.15, -0.1) is 0 Å². The van der Waals surface area contributed by atoms with Gasteiger partial charge in [0, 0.05) is 29.4 Å². The molecule has 1 atom stereocenters. The first-order valence-corrected chi connectivity index (χ1v) is 7.97. The van der Waals surface area contributed by atoms with Crippen LogP contribution in [0.4, 0.5) is 0 Å². The van der Waals surface area contributed by atoms with Crippen molar-refractivity contribution < 1.29 is 5.11 Å². The third-order valence-electron chi connectivity index (χ3n) is 3.94. The van der Waals surface area contributed by atoms with E-state index in [1.165, 1.54) is 5.56 Å². The van der Waals surface area contributed by atoms with Crippen LogP contribution in [0, 0.1) is 19.8 Å². The Morgan fingerprint density at radius 3 is 2.45 bits per heavy atom. The predicted molar refractivity (Wildman–Crippen MR) is 90.6 cm³/mol. The molecule has 0 aliphatic heterocycles. The van der Waals surface area contributed by atoms with Gasteiger partial charge in [-0.2, -0.15) is 5.10 Å². The number of halogens is 1. The minimum atomic E-state index is -0.327. The number of aromatic nitrogens is 2. The molecule has 0 radical (unpaired) electrons. The number of aliphatic hydroxyl groups is 1. The second-order valence-corrected chi connectivity index (χ2v) is 6.42. The lowest BCUT2D eigenvalue weighted by Crippen LogP contribution is -2.30. The molecule has 5 heteroatoms. The second kappa shape index (κ2) is 7.27. The SMILES string of the molecule is Cc1nn(-c2ccc(Cl)cc2)c(C)c1CNCC(O)C(C)C. The van der Waals surface area contributed by atoms with Crippen LogP contribution >= 0.6 is 11.6 Å².